The Hall–Kier alpha value is -2.15. The first-order chi connectivity index (χ1) is 17.2. The van der Waals surface area contributed by atoms with Crippen molar-refractivity contribution in [3.05, 3.63) is 24.2 Å². The number of carbonyl (C=O) groups excluding carboxylic acids is 3. The van der Waals surface area contributed by atoms with Crippen LogP contribution in [0.4, 0.5) is 0 Å². The fourth-order valence-corrected chi connectivity index (χ4v) is 10.1. The van der Waals surface area contributed by atoms with Crippen molar-refractivity contribution in [2.24, 2.45) is 39.4 Å². The maximum atomic E-state index is 14.0. The lowest BCUT2D eigenvalue weighted by molar-refractivity contribution is -0.280. The van der Waals surface area contributed by atoms with Gasteiger partial charge < -0.3 is 19.0 Å². The van der Waals surface area contributed by atoms with Crippen molar-refractivity contribution < 1.29 is 33.4 Å². The zero-order valence-electron chi connectivity index (χ0n) is 23.2. The maximum Gasteiger partial charge on any atom is 0.302 e. The predicted molar refractivity (Wildman–Crippen MR) is 135 cm³/mol. The van der Waals surface area contributed by atoms with Crippen LogP contribution in [0.25, 0.3) is 0 Å². The number of ether oxygens (including phenoxy) is 2. The van der Waals surface area contributed by atoms with Crippen LogP contribution >= 0.6 is 0 Å². The molecule has 7 nitrogen and oxygen atoms in total. The highest BCUT2D eigenvalue weighted by Gasteiger charge is 2.75. The number of hydrogen-bond acceptors (Lipinski definition) is 7. The highest BCUT2D eigenvalue weighted by Crippen LogP contribution is 2.74. The molecule has 1 aromatic heterocycles. The number of carbonyl (C=O) groups is 3. The van der Waals surface area contributed by atoms with E-state index in [0.717, 1.165) is 18.4 Å². The van der Waals surface area contributed by atoms with Crippen LogP contribution in [0.15, 0.2) is 23.0 Å². The van der Waals surface area contributed by atoms with Crippen molar-refractivity contribution >= 4 is 17.7 Å². The zero-order valence-corrected chi connectivity index (χ0v) is 23.2. The highest BCUT2D eigenvalue weighted by molar-refractivity contribution is 5.87. The summed E-state index contributed by atoms with van der Waals surface area (Å²) >= 11 is 0. The molecule has 0 radical (unpaired) electrons. The third-order valence-corrected chi connectivity index (χ3v) is 11.6. The van der Waals surface area contributed by atoms with Crippen LogP contribution in [0.1, 0.15) is 92.1 Å². The monoisotopic (exact) mass is 514 g/mol. The Morgan fingerprint density at radius 3 is 2.16 bits per heavy atom. The molecule has 4 aliphatic rings. The van der Waals surface area contributed by atoms with Crippen LogP contribution in [0, 0.1) is 39.4 Å². The minimum Gasteiger partial charge on any atom is -0.472 e. The van der Waals surface area contributed by atoms with Gasteiger partial charge in [-0.15, -0.1) is 0 Å². The van der Waals surface area contributed by atoms with Gasteiger partial charge in [-0.1, -0.05) is 34.6 Å². The average molecular weight is 515 g/mol. The SMILES string of the molecule is CC(=O)OC1CC(O)C(C)(C)C2CC(OC(C)=O)C3(C)C4C(=O)CC(c5ccoc5)C4(C)CCC3C12C. The quantitative estimate of drug-likeness (QED) is 0.563. The minimum absolute atomic E-state index is 0.0376. The Bertz CT molecular complexity index is 1090. The molecule has 4 saturated carbocycles. The molecule has 37 heavy (non-hydrogen) atoms. The first-order valence-corrected chi connectivity index (χ1v) is 13.8. The van der Waals surface area contributed by atoms with Gasteiger partial charge in [0.05, 0.1) is 18.6 Å². The van der Waals surface area contributed by atoms with Gasteiger partial charge in [-0.05, 0) is 59.5 Å². The van der Waals surface area contributed by atoms with Gasteiger partial charge in [-0.25, -0.2) is 0 Å². The van der Waals surface area contributed by atoms with Gasteiger partial charge in [0.25, 0.3) is 0 Å². The molecule has 0 aromatic carbocycles. The molecule has 7 heteroatoms. The summed E-state index contributed by atoms with van der Waals surface area (Å²) in [5.74, 6) is -0.890. The van der Waals surface area contributed by atoms with Crippen LogP contribution in [-0.2, 0) is 23.9 Å². The number of Topliss-reactive ketones (excluding diaryl/α,β-unsaturated/α-hetero) is 1. The number of aliphatic hydroxyl groups is 1. The second kappa shape index (κ2) is 8.42. The fourth-order valence-electron chi connectivity index (χ4n) is 10.1. The van der Waals surface area contributed by atoms with E-state index in [-0.39, 0.29) is 46.8 Å². The van der Waals surface area contributed by atoms with Gasteiger partial charge in [0, 0.05) is 43.4 Å². The van der Waals surface area contributed by atoms with Gasteiger partial charge >= 0.3 is 11.9 Å². The van der Waals surface area contributed by atoms with Crippen molar-refractivity contribution in [2.75, 3.05) is 0 Å². The molecule has 5 rings (SSSR count). The largest absolute Gasteiger partial charge is 0.472 e. The number of hydrogen-bond donors (Lipinski definition) is 1. The Balaban J connectivity index is 1.68. The van der Waals surface area contributed by atoms with Crippen molar-refractivity contribution in [2.45, 2.75) is 105 Å². The second-order valence-corrected chi connectivity index (χ2v) is 13.6. The molecule has 1 N–H and O–H groups in total. The van der Waals surface area contributed by atoms with Crippen LogP contribution in [-0.4, -0.2) is 41.1 Å². The van der Waals surface area contributed by atoms with E-state index >= 15 is 0 Å². The first-order valence-electron chi connectivity index (χ1n) is 13.8. The second-order valence-electron chi connectivity index (χ2n) is 13.6. The standard InChI is InChI=1S/C30H42O7/c1-16(31)36-24-13-22-27(3,4)23(34)14-25(37-17(2)32)29(22,6)21-8-10-28(5)19(18-9-11-35-15-18)12-20(33)26(28)30(21,24)7/h9,11,15,19,21-26,34H,8,10,12-14H2,1-7H3. The van der Waals surface area contributed by atoms with Crippen LogP contribution in [0.5, 0.6) is 0 Å². The van der Waals surface area contributed by atoms with E-state index in [1.165, 1.54) is 13.8 Å². The van der Waals surface area contributed by atoms with E-state index in [1.54, 1.807) is 12.5 Å². The molecule has 1 aromatic rings. The van der Waals surface area contributed by atoms with E-state index in [1.807, 2.05) is 6.07 Å². The fraction of sp³-hybridized carbons (Fsp3) is 0.767. The van der Waals surface area contributed by atoms with E-state index in [9.17, 15) is 19.5 Å². The number of esters is 2. The van der Waals surface area contributed by atoms with Crippen molar-refractivity contribution in [3.8, 4) is 0 Å². The molecule has 10 atom stereocenters. The van der Waals surface area contributed by atoms with Gasteiger partial charge in [0.1, 0.15) is 18.0 Å². The minimum atomic E-state index is -0.662. The number of ketones is 1. The van der Waals surface area contributed by atoms with Crippen molar-refractivity contribution in [3.63, 3.8) is 0 Å². The van der Waals surface area contributed by atoms with Crippen molar-refractivity contribution in [1.82, 2.24) is 0 Å². The number of aliphatic hydroxyl groups excluding tert-OH is 1. The van der Waals surface area contributed by atoms with Crippen molar-refractivity contribution in [1.29, 1.82) is 0 Å². The molecule has 4 fully saturated rings. The first kappa shape index (κ1) is 26.5. The van der Waals surface area contributed by atoms with Crippen LogP contribution in [0.3, 0.4) is 0 Å². The molecular formula is C30H42O7. The van der Waals surface area contributed by atoms with Crippen LogP contribution in [0.2, 0.25) is 0 Å². The van der Waals surface area contributed by atoms with Gasteiger partial charge in [0.2, 0.25) is 0 Å². The summed E-state index contributed by atoms with van der Waals surface area (Å²) in [6, 6.07) is 1.96. The predicted octanol–water partition coefficient (Wildman–Crippen LogP) is 5.06. The Morgan fingerprint density at radius 1 is 0.973 bits per heavy atom. The van der Waals surface area contributed by atoms with Gasteiger partial charge in [0.15, 0.2) is 0 Å². The third-order valence-electron chi connectivity index (χ3n) is 11.6. The summed E-state index contributed by atoms with van der Waals surface area (Å²) in [6.07, 6.45) is 4.76. The molecular weight excluding hydrogens is 472 g/mol. The number of furan rings is 1. The lowest BCUT2D eigenvalue weighted by Gasteiger charge is -2.70. The molecule has 1 heterocycles. The van der Waals surface area contributed by atoms with E-state index in [2.05, 4.69) is 34.6 Å². The Labute approximate surface area is 219 Å². The normalized spacial score (nSPS) is 46.4. The summed E-state index contributed by atoms with van der Waals surface area (Å²) in [4.78, 5) is 38.8. The highest BCUT2D eigenvalue weighted by atomic mass is 16.5. The molecule has 4 aliphatic carbocycles. The zero-order chi connectivity index (χ0) is 27.1. The van der Waals surface area contributed by atoms with E-state index in [0.29, 0.717) is 19.3 Å². The average Bonchev–Trinajstić information content (AvgIpc) is 3.40. The summed E-state index contributed by atoms with van der Waals surface area (Å²) in [5.41, 5.74) is -0.880. The van der Waals surface area contributed by atoms with E-state index < -0.39 is 34.6 Å². The molecule has 0 aliphatic heterocycles. The van der Waals surface area contributed by atoms with Gasteiger partial charge in [-0.3, -0.25) is 14.4 Å². The number of rotatable bonds is 3. The Kier molecular flexibility index (Phi) is 6.02. The lowest BCUT2D eigenvalue weighted by Crippen LogP contribution is -2.71. The summed E-state index contributed by atoms with van der Waals surface area (Å²) in [5, 5.41) is 11.2. The summed E-state index contributed by atoms with van der Waals surface area (Å²) in [6.45, 7) is 13.6. The lowest BCUT2D eigenvalue weighted by atomic mass is 9.35. The molecule has 0 bridgehead atoms. The van der Waals surface area contributed by atoms with Gasteiger partial charge in [-0.2, -0.15) is 0 Å². The maximum absolute atomic E-state index is 14.0. The molecule has 10 unspecified atom stereocenters. The molecule has 0 amide bonds. The smallest absolute Gasteiger partial charge is 0.302 e. The molecule has 204 valence electrons. The molecule has 0 spiro atoms. The third kappa shape index (κ3) is 3.51. The number of fused-ring (bicyclic) bond motifs is 5. The van der Waals surface area contributed by atoms with Crippen LogP contribution < -0.4 is 0 Å². The topological polar surface area (TPSA) is 103 Å². The molecule has 0 saturated heterocycles. The van der Waals surface area contributed by atoms with E-state index in [4.69, 9.17) is 13.9 Å². The summed E-state index contributed by atoms with van der Waals surface area (Å²) in [7, 11) is 0. The summed E-state index contributed by atoms with van der Waals surface area (Å²) < 4.78 is 17.5. The Morgan fingerprint density at radius 2 is 1.59 bits per heavy atom.